The van der Waals surface area contributed by atoms with Gasteiger partial charge in [0.15, 0.2) is 0 Å². The third-order valence-electron chi connectivity index (χ3n) is 6.41. The maximum absolute atomic E-state index is 12.9. The van der Waals surface area contributed by atoms with Crippen molar-refractivity contribution in [2.75, 3.05) is 7.05 Å². The highest BCUT2D eigenvalue weighted by Crippen LogP contribution is 2.31. The number of hydrogen-bond donors (Lipinski definition) is 2. The largest absolute Gasteiger partial charge is 0.328 e. The quantitative estimate of drug-likeness (QED) is 0.759. The average molecular weight is 384 g/mol. The highest BCUT2D eigenvalue weighted by atomic mass is 16.2. The lowest BCUT2D eigenvalue weighted by atomic mass is 9.90. The molecule has 3 N–H and O–H groups in total. The number of piperidine rings is 1. The number of nitrogens with two attached hydrogens (primary N) is 1. The molecule has 1 aliphatic carbocycles. The standard InChI is InChI=1S/C21H28N4O3/c1-24(15-6-3-5-14(22)10-15)11-13-4-2-7-16-17(13)12-25(21(16)28)18-8-9-19(26)23-20(18)27/h2,4,7,14-15,18H,3,5-6,8-12,22H2,1H3,(H,23,26,27). The van der Waals surface area contributed by atoms with E-state index in [1.165, 1.54) is 0 Å². The van der Waals surface area contributed by atoms with Gasteiger partial charge < -0.3 is 10.6 Å². The van der Waals surface area contributed by atoms with Gasteiger partial charge in [-0.15, -0.1) is 0 Å². The summed E-state index contributed by atoms with van der Waals surface area (Å²) in [4.78, 5) is 40.6. The van der Waals surface area contributed by atoms with Crippen molar-refractivity contribution in [3.8, 4) is 0 Å². The second-order valence-corrected chi connectivity index (χ2v) is 8.34. The Hall–Kier alpha value is -2.25. The van der Waals surface area contributed by atoms with E-state index >= 15 is 0 Å². The number of carbonyl (C=O) groups is 3. The van der Waals surface area contributed by atoms with Gasteiger partial charge in [-0.1, -0.05) is 18.6 Å². The zero-order valence-electron chi connectivity index (χ0n) is 16.3. The molecule has 0 aromatic heterocycles. The normalized spacial score (nSPS) is 27.9. The average Bonchev–Trinajstić information content (AvgIpc) is 2.99. The Morgan fingerprint density at radius 1 is 1.21 bits per heavy atom. The fourth-order valence-electron chi connectivity index (χ4n) is 4.80. The highest BCUT2D eigenvalue weighted by molar-refractivity contribution is 6.05. The van der Waals surface area contributed by atoms with E-state index in [1.54, 1.807) is 4.90 Å². The summed E-state index contributed by atoms with van der Waals surface area (Å²) < 4.78 is 0. The maximum atomic E-state index is 12.9. The maximum Gasteiger partial charge on any atom is 0.255 e. The monoisotopic (exact) mass is 384 g/mol. The van der Waals surface area contributed by atoms with Crippen molar-refractivity contribution in [2.45, 2.75) is 69.7 Å². The van der Waals surface area contributed by atoms with E-state index in [-0.39, 0.29) is 30.2 Å². The molecule has 0 bridgehead atoms. The number of imide groups is 1. The number of hydrogen-bond acceptors (Lipinski definition) is 5. The smallest absolute Gasteiger partial charge is 0.255 e. The Kier molecular flexibility index (Phi) is 5.21. The molecule has 2 heterocycles. The molecule has 3 unspecified atom stereocenters. The van der Waals surface area contributed by atoms with Gasteiger partial charge in [0.05, 0.1) is 0 Å². The second-order valence-electron chi connectivity index (χ2n) is 8.34. The molecular weight excluding hydrogens is 356 g/mol. The van der Waals surface area contributed by atoms with E-state index < -0.39 is 6.04 Å². The Bertz CT molecular complexity index is 809. The summed E-state index contributed by atoms with van der Waals surface area (Å²) in [6.07, 6.45) is 5.08. The molecule has 4 rings (SSSR count). The number of nitrogens with one attached hydrogen (secondary N) is 1. The summed E-state index contributed by atoms with van der Waals surface area (Å²) >= 11 is 0. The molecule has 3 aliphatic rings. The molecule has 1 aromatic carbocycles. The third-order valence-corrected chi connectivity index (χ3v) is 6.41. The molecule has 0 radical (unpaired) electrons. The summed E-state index contributed by atoms with van der Waals surface area (Å²) in [7, 11) is 2.12. The number of fused-ring (bicyclic) bond motifs is 1. The zero-order chi connectivity index (χ0) is 19.8. The van der Waals surface area contributed by atoms with Crippen LogP contribution in [0.25, 0.3) is 0 Å². The molecule has 150 valence electrons. The van der Waals surface area contributed by atoms with Gasteiger partial charge >= 0.3 is 0 Å². The van der Waals surface area contributed by atoms with E-state index in [9.17, 15) is 14.4 Å². The van der Waals surface area contributed by atoms with E-state index in [1.807, 2.05) is 12.1 Å². The molecule has 1 saturated heterocycles. The zero-order valence-corrected chi connectivity index (χ0v) is 16.3. The summed E-state index contributed by atoms with van der Waals surface area (Å²) in [5.74, 6) is -0.751. The van der Waals surface area contributed by atoms with Crippen molar-refractivity contribution in [2.24, 2.45) is 5.73 Å². The molecule has 2 fully saturated rings. The minimum Gasteiger partial charge on any atom is -0.328 e. The van der Waals surface area contributed by atoms with Crippen LogP contribution in [0.2, 0.25) is 0 Å². The van der Waals surface area contributed by atoms with E-state index in [0.29, 0.717) is 24.6 Å². The third kappa shape index (κ3) is 3.56. The van der Waals surface area contributed by atoms with Gasteiger partial charge in [-0.2, -0.15) is 0 Å². The Morgan fingerprint density at radius 2 is 2.04 bits per heavy atom. The van der Waals surface area contributed by atoms with E-state index in [0.717, 1.165) is 43.4 Å². The van der Waals surface area contributed by atoms with Gasteiger partial charge in [-0.25, -0.2) is 0 Å². The Balaban J connectivity index is 1.51. The lowest BCUT2D eigenvalue weighted by molar-refractivity contribution is -0.136. The minimum absolute atomic E-state index is 0.117. The molecule has 7 heteroatoms. The number of rotatable bonds is 4. The topological polar surface area (TPSA) is 95.7 Å². The molecule has 0 spiro atoms. The van der Waals surface area contributed by atoms with Gasteiger partial charge in [-0.05, 0) is 49.9 Å². The van der Waals surface area contributed by atoms with Crippen LogP contribution in [0.1, 0.15) is 60.0 Å². The summed E-state index contributed by atoms with van der Waals surface area (Å²) in [5.41, 5.74) is 8.96. The highest BCUT2D eigenvalue weighted by Gasteiger charge is 2.39. The first-order valence-electron chi connectivity index (χ1n) is 10.1. The van der Waals surface area contributed by atoms with Crippen LogP contribution in [0.15, 0.2) is 18.2 Å². The van der Waals surface area contributed by atoms with Crippen molar-refractivity contribution in [1.29, 1.82) is 0 Å². The van der Waals surface area contributed by atoms with Crippen LogP contribution < -0.4 is 11.1 Å². The summed E-state index contributed by atoms with van der Waals surface area (Å²) in [5, 5.41) is 2.36. The number of benzene rings is 1. The molecule has 1 aromatic rings. The number of carbonyl (C=O) groups excluding carboxylic acids is 3. The van der Waals surface area contributed by atoms with Gasteiger partial charge in [0.25, 0.3) is 5.91 Å². The van der Waals surface area contributed by atoms with Crippen LogP contribution in [0.3, 0.4) is 0 Å². The first-order valence-corrected chi connectivity index (χ1v) is 10.1. The Labute approximate surface area is 165 Å². The van der Waals surface area contributed by atoms with Crippen molar-refractivity contribution in [3.63, 3.8) is 0 Å². The molecule has 2 aliphatic heterocycles. The predicted octanol–water partition coefficient (Wildman–Crippen LogP) is 1.15. The SMILES string of the molecule is CN(Cc1cccc2c1CN(C1CCC(=O)NC1=O)C2=O)C1CCCC(N)C1. The molecule has 7 nitrogen and oxygen atoms in total. The molecular formula is C21H28N4O3. The van der Waals surface area contributed by atoms with E-state index in [4.69, 9.17) is 5.73 Å². The van der Waals surface area contributed by atoms with Crippen molar-refractivity contribution in [3.05, 3.63) is 34.9 Å². The van der Waals surface area contributed by atoms with Gasteiger partial charge in [0.1, 0.15) is 6.04 Å². The van der Waals surface area contributed by atoms with Crippen molar-refractivity contribution >= 4 is 17.7 Å². The first-order chi connectivity index (χ1) is 13.4. The van der Waals surface area contributed by atoms with Crippen LogP contribution in [0.4, 0.5) is 0 Å². The lowest BCUT2D eigenvalue weighted by Crippen LogP contribution is -2.52. The van der Waals surface area contributed by atoms with Gasteiger partial charge in [-0.3, -0.25) is 24.6 Å². The molecule has 28 heavy (non-hydrogen) atoms. The van der Waals surface area contributed by atoms with Gasteiger partial charge in [0, 0.05) is 37.2 Å². The predicted molar refractivity (Wildman–Crippen MR) is 104 cm³/mol. The fraction of sp³-hybridized carbons (Fsp3) is 0.571. The van der Waals surface area contributed by atoms with Crippen LogP contribution >= 0.6 is 0 Å². The summed E-state index contributed by atoms with van der Waals surface area (Å²) in [6, 6.07) is 5.98. The lowest BCUT2D eigenvalue weighted by Gasteiger charge is -2.34. The number of nitrogens with zero attached hydrogens (tertiary/aromatic N) is 2. The van der Waals surface area contributed by atoms with Crippen LogP contribution in [0.5, 0.6) is 0 Å². The minimum atomic E-state index is -0.570. The Morgan fingerprint density at radius 3 is 2.79 bits per heavy atom. The fourth-order valence-corrected chi connectivity index (χ4v) is 4.80. The molecule has 1 saturated carbocycles. The molecule has 3 amide bonds. The first kappa shape index (κ1) is 19.1. The van der Waals surface area contributed by atoms with Crippen LogP contribution in [-0.2, 0) is 22.7 Å². The van der Waals surface area contributed by atoms with E-state index in [2.05, 4.69) is 23.3 Å². The molecule has 3 atom stereocenters. The van der Waals surface area contributed by atoms with Crippen LogP contribution in [-0.4, -0.2) is 52.7 Å². The van der Waals surface area contributed by atoms with Crippen molar-refractivity contribution < 1.29 is 14.4 Å². The van der Waals surface area contributed by atoms with Gasteiger partial charge in [0.2, 0.25) is 11.8 Å². The number of amides is 3. The summed E-state index contributed by atoms with van der Waals surface area (Å²) in [6.45, 7) is 1.19. The van der Waals surface area contributed by atoms with Crippen molar-refractivity contribution in [1.82, 2.24) is 15.1 Å². The second kappa shape index (κ2) is 7.64. The van der Waals surface area contributed by atoms with Crippen LogP contribution in [0, 0.1) is 0 Å².